The second kappa shape index (κ2) is 9.96. The molecular weight excluding hydrogens is 507 g/mol. The van der Waals surface area contributed by atoms with Gasteiger partial charge in [-0.05, 0) is 48.9 Å². The highest BCUT2D eigenvalue weighted by molar-refractivity contribution is 6.04. The number of anilines is 1. The van der Waals surface area contributed by atoms with Gasteiger partial charge < -0.3 is 11.1 Å². The SMILES string of the molecule is C[C@H](NC(=O)c1c(N)nn2cccnc12)c1nc2cccc(C#Cc3cnn(C)c3)c2cc1-c1ccc(F)cc1. The number of nitrogens with two attached hydrogens (primary N) is 1. The quantitative estimate of drug-likeness (QED) is 0.329. The molecule has 0 spiro atoms. The minimum absolute atomic E-state index is 0.0745. The Kier molecular flexibility index (Phi) is 6.16. The van der Waals surface area contributed by atoms with Crippen molar-refractivity contribution in [2.75, 3.05) is 5.73 Å². The van der Waals surface area contributed by atoms with Crippen molar-refractivity contribution in [2.45, 2.75) is 13.0 Å². The van der Waals surface area contributed by atoms with Crippen molar-refractivity contribution in [3.8, 4) is 23.0 Å². The smallest absolute Gasteiger partial charge is 0.259 e. The Morgan fingerprint density at radius 3 is 2.73 bits per heavy atom. The van der Waals surface area contributed by atoms with Gasteiger partial charge in [-0.1, -0.05) is 30.0 Å². The maximum absolute atomic E-state index is 13.8. The lowest BCUT2D eigenvalue weighted by atomic mass is 9.96. The lowest BCUT2D eigenvalue weighted by Gasteiger charge is -2.19. The molecular formula is C30H23FN8O. The molecule has 40 heavy (non-hydrogen) atoms. The van der Waals surface area contributed by atoms with Crippen LogP contribution in [0.3, 0.4) is 0 Å². The molecule has 6 rings (SSSR count). The number of hydrogen-bond acceptors (Lipinski definition) is 6. The Labute approximate surface area is 228 Å². The third-order valence-corrected chi connectivity index (χ3v) is 6.50. The zero-order chi connectivity index (χ0) is 27.8. The highest BCUT2D eigenvalue weighted by Gasteiger charge is 2.23. The van der Waals surface area contributed by atoms with Crippen molar-refractivity contribution < 1.29 is 9.18 Å². The molecule has 0 saturated heterocycles. The lowest BCUT2D eigenvalue weighted by molar-refractivity contribution is 0.0941. The summed E-state index contributed by atoms with van der Waals surface area (Å²) in [6, 6.07) is 15.0. The van der Waals surface area contributed by atoms with E-state index in [1.807, 2.05) is 44.4 Å². The predicted octanol–water partition coefficient (Wildman–Crippen LogP) is 4.29. The van der Waals surface area contributed by atoms with Gasteiger partial charge in [0.15, 0.2) is 11.5 Å². The van der Waals surface area contributed by atoms with Gasteiger partial charge in [0.25, 0.3) is 5.91 Å². The predicted molar refractivity (Wildman–Crippen MR) is 150 cm³/mol. The van der Waals surface area contributed by atoms with Crippen molar-refractivity contribution in [3.63, 3.8) is 0 Å². The number of nitrogens with zero attached hydrogens (tertiary/aromatic N) is 6. The molecule has 9 nitrogen and oxygen atoms in total. The van der Waals surface area contributed by atoms with Crippen LogP contribution in [-0.2, 0) is 7.05 Å². The summed E-state index contributed by atoms with van der Waals surface area (Å²) >= 11 is 0. The summed E-state index contributed by atoms with van der Waals surface area (Å²) in [6.45, 7) is 1.83. The van der Waals surface area contributed by atoms with Gasteiger partial charge in [-0.25, -0.2) is 18.9 Å². The number of aryl methyl sites for hydroxylation is 1. The van der Waals surface area contributed by atoms with Crippen LogP contribution in [0.15, 0.2) is 79.4 Å². The van der Waals surface area contributed by atoms with Crippen molar-refractivity contribution in [3.05, 3.63) is 108 Å². The third kappa shape index (κ3) is 4.61. The number of rotatable bonds is 4. The second-order valence-corrected chi connectivity index (χ2v) is 9.30. The zero-order valence-electron chi connectivity index (χ0n) is 21.6. The molecule has 196 valence electrons. The standard InChI is InChI=1S/C30H23FN8O/c1-18(35-30(40)26-28(32)37-39-14-4-13-33-29(26)39)27-24(21-9-11-22(31)12-10-21)15-23-20(5-3-6-25(23)36-27)8-7-19-16-34-38(2)17-19/h3-6,9-18H,1-2H3,(H2,32,37)(H,35,40)/t18-/m0/s1. The van der Waals surface area contributed by atoms with E-state index in [1.54, 1.807) is 41.5 Å². The molecule has 2 aromatic carbocycles. The fraction of sp³-hybridized carbons (Fsp3) is 0.100. The normalized spacial score (nSPS) is 11.8. The number of carbonyl (C=O) groups is 1. The fourth-order valence-corrected chi connectivity index (χ4v) is 4.59. The maximum atomic E-state index is 13.8. The van der Waals surface area contributed by atoms with Gasteiger partial charge in [0.1, 0.15) is 11.4 Å². The van der Waals surface area contributed by atoms with Gasteiger partial charge in [0.05, 0.1) is 29.0 Å². The molecule has 4 aromatic heterocycles. The minimum atomic E-state index is -0.542. The Bertz CT molecular complexity index is 1960. The van der Waals surface area contributed by atoms with Crippen LogP contribution in [0.1, 0.15) is 40.1 Å². The topological polar surface area (TPSA) is 116 Å². The number of halogens is 1. The second-order valence-electron chi connectivity index (χ2n) is 9.30. The number of nitrogens with one attached hydrogen (secondary N) is 1. The number of nitrogen functional groups attached to an aromatic ring is 1. The number of aromatic nitrogens is 6. The Hall–Kier alpha value is -5.56. The summed E-state index contributed by atoms with van der Waals surface area (Å²) in [5, 5.41) is 12.2. The molecule has 0 saturated carbocycles. The zero-order valence-corrected chi connectivity index (χ0v) is 21.6. The van der Waals surface area contributed by atoms with Crippen molar-refractivity contribution in [1.29, 1.82) is 0 Å². The molecule has 3 N–H and O–H groups in total. The number of amides is 1. The average molecular weight is 531 g/mol. The monoisotopic (exact) mass is 530 g/mol. The van der Waals surface area contributed by atoms with Gasteiger partial charge in [0, 0.05) is 42.2 Å². The highest BCUT2D eigenvalue weighted by atomic mass is 19.1. The number of carbonyl (C=O) groups excluding carboxylic acids is 1. The van der Waals surface area contributed by atoms with E-state index in [0.717, 1.165) is 27.6 Å². The van der Waals surface area contributed by atoms with Gasteiger partial charge in [-0.3, -0.25) is 9.48 Å². The van der Waals surface area contributed by atoms with Crippen LogP contribution < -0.4 is 11.1 Å². The van der Waals surface area contributed by atoms with Crippen LogP contribution >= 0.6 is 0 Å². The number of pyridine rings is 1. The Morgan fingerprint density at radius 1 is 1.12 bits per heavy atom. The van der Waals surface area contributed by atoms with Crippen LogP contribution in [-0.4, -0.2) is 35.3 Å². The highest BCUT2D eigenvalue weighted by Crippen LogP contribution is 2.32. The molecule has 0 bridgehead atoms. The summed E-state index contributed by atoms with van der Waals surface area (Å²) in [6.07, 6.45) is 6.79. The average Bonchev–Trinajstić information content (AvgIpc) is 3.52. The number of hydrogen-bond donors (Lipinski definition) is 2. The molecule has 0 radical (unpaired) electrons. The van der Waals surface area contributed by atoms with Crippen LogP contribution in [0, 0.1) is 17.7 Å². The molecule has 0 aliphatic rings. The van der Waals surface area contributed by atoms with Crippen LogP contribution in [0.5, 0.6) is 0 Å². The van der Waals surface area contributed by atoms with Crippen LogP contribution in [0.4, 0.5) is 10.2 Å². The largest absolute Gasteiger partial charge is 0.381 e. The third-order valence-electron chi connectivity index (χ3n) is 6.50. The van der Waals surface area contributed by atoms with Gasteiger partial charge in [-0.2, -0.15) is 5.10 Å². The van der Waals surface area contributed by atoms with E-state index in [-0.39, 0.29) is 17.2 Å². The van der Waals surface area contributed by atoms with E-state index in [9.17, 15) is 9.18 Å². The maximum Gasteiger partial charge on any atom is 0.259 e. The van der Waals surface area contributed by atoms with E-state index in [0.29, 0.717) is 16.9 Å². The van der Waals surface area contributed by atoms with Crippen LogP contribution in [0.25, 0.3) is 27.7 Å². The van der Waals surface area contributed by atoms with Crippen LogP contribution in [0.2, 0.25) is 0 Å². The number of benzene rings is 2. The summed E-state index contributed by atoms with van der Waals surface area (Å²) in [7, 11) is 1.84. The number of fused-ring (bicyclic) bond motifs is 2. The molecule has 1 atom stereocenters. The summed E-state index contributed by atoms with van der Waals surface area (Å²) in [5.74, 6) is 5.67. The first-order chi connectivity index (χ1) is 19.4. The Balaban J connectivity index is 1.44. The lowest BCUT2D eigenvalue weighted by Crippen LogP contribution is -2.28. The van der Waals surface area contributed by atoms with E-state index in [2.05, 4.69) is 32.3 Å². The van der Waals surface area contributed by atoms with Gasteiger partial charge in [0.2, 0.25) is 0 Å². The molecule has 1 amide bonds. The first-order valence-corrected chi connectivity index (χ1v) is 12.5. The first-order valence-electron chi connectivity index (χ1n) is 12.5. The molecule has 6 aromatic rings. The molecule has 0 aliphatic carbocycles. The molecule has 0 fully saturated rings. The summed E-state index contributed by atoms with van der Waals surface area (Å²) in [4.78, 5) is 22.6. The van der Waals surface area contributed by atoms with Gasteiger partial charge in [-0.15, -0.1) is 5.10 Å². The molecule has 0 unspecified atom stereocenters. The fourth-order valence-electron chi connectivity index (χ4n) is 4.59. The Morgan fingerprint density at radius 2 is 1.95 bits per heavy atom. The van der Waals surface area contributed by atoms with Crippen molar-refractivity contribution in [1.82, 2.24) is 34.7 Å². The van der Waals surface area contributed by atoms with Crippen molar-refractivity contribution >= 4 is 28.3 Å². The first kappa shape index (κ1) is 24.8. The minimum Gasteiger partial charge on any atom is -0.381 e. The summed E-state index contributed by atoms with van der Waals surface area (Å²) in [5.41, 5.74) is 11.0. The summed E-state index contributed by atoms with van der Waals surface area (Å²) < 4.78 is 17.0. The van der Waals surface area contributed by atoms with Crippen molar-refractivity contribution in [2.24, 2.45) is 7.05 Å². The molecule has 10 heteroatoms. The van der Waals surface area contributed by atoms with Gasteiger partial charge >= 0.3 is 0 Å². The molecule has 0 aliphatic heterocycles. The van der Waals surface area contributed by atoms with E-state index < -0.39 is 11.9 Å². The van der Waals surface area contributed by atoms with E-state index >= 15 is 0 Å². The molecule has 4 heterocycles. The van der Waals surface area contributed by atoms with E-state index in [4.69, 9.17) is 10.7 Å². The van der Waals surface area contributed by atoms with E-state index in [1.165, 1.54) is 16.6 Å².